The molecule has 19 heavy (non-hydrogen) atoms. The Morgan fingerprint density at radius 1 is 1.26 bits per heavy atom. The molecule has 0 bridgehead atoms. The smallest absolute Gasteiger partial charge is 0.143 e. The molecule has 0 fully saturated rings. The van der Waals surface area contributed by atoms with Crippen LogP contribution in [-0.2, 0) is 0 Å². The van der Waals surface area contributed by atoms with Crippen molar-refractivity contribution in [3.05, 3.63) is 57.3 Å². The molecule has 1 atom stereocenters. The van der Waals surface area contributed by atoms with Crippen molar-refractivity contribution in [2.45, 2.75) is 13.0 Å². The highest BCUT2D eigenvalue weighted by Gasteiger charge is 2.10. The summed E-state index contributed by atoms with van der Waals surface area (Å²) in [5, 5.41) is 3.20. The fourth-order valence-electron chi connectivity index (χ4n) is 1.76. The Morgan fingerprint density at radius 3 is 2.53 bits per heavy atom. The quantitative estimate of drug-likeness (QED) is 0.770. The zero-order chi connectivity index (χ0) is 14.0. The first-order valence-electron chi connectivity index (χ1n) is 5.74. The second kappa shape index (κ2) is 5.80. The molecular weight excluding hydrogens is 331 g/mol. The van der Waals surface area contributed by atoms with Gasteiger partial charge in [0, 0.05) is 16.6 Å². The van der Waals surface area contributed by atoms with E-state index in [4.69, 9.17) is 17.3 Å². The monoisotopic (exact) mass is 342 g/mol. The Bertz CT molecular complexity index is 587. The molecule has 1 unspecified atom stereocenters. The number of halogens is 3. The molecule has 5 heteroatoms. The first kappa shape index (κ1) is 14.2. The molecule has 0 saturated heterocycles. The van der Waals surface area contributed by atoms with Gasteiger partial charge in [0.25, 0.3) is 0 Å². The summed E-state index contributed by atoms with van der Waals surface area (Å²) in [6.45, 7) is 1.98. The molecule has 2 aromatic carbocycles. The van der Waals surface area contributed by atoms with Crippen molar-refractivity contribution in [3.63, 3.8) is 0 Å². The largest absolute Gasteiger partial charge is 0.397 e. The van der Waals surface area contributed by atoms with Crippen LogP contribution in [0.4, 0.5) is 15.8 Å². The summed E-state index contributed by atoms with van der Waals surface area (Å²) in [7, 11) is 0. The fourth-order valence-corrected chi connectivity index (χ4v) is 2.19. The third kappa shape index (κ3) is 3.39. The van der Waals surface area contributed by atoms with Gasteiger partial charge in [0.05, 0.1) is 16.4 Å². The van der Waals surface area contributed by atoms with Crippen molar-refractivity contribution in [1.29, 1.82) is 0 Å². The van der Waals surface area contributed by atoms with Crippen molar-refractivity contribution >= 4 is 38.9 Å². The van der Waals surface area contributed by atoms with Crippen molar-refractivity contribution in [2.24, 2.45) is 0 Å². The predicted molar refractivity (Wildman–Crippen MR) is 82.0 cm³/mol. The molecule has 0 aliphatic carbocycles. The van der Waals surface area contributed by atoms with Crippen molar-refractivity contribution in [3.8, 4) is 0 Å². The van der Waals surface area contributed by atoms with E-state index < -0.39 is 5.82 Å². The van der Waals surface area contributed by atoms with E-state index in [0.29, 0.717) is 11.4 Å². The van der Waals surface area contributed by atoms with Gasteiger partial charge in [-0.3, -0.25) is 0 Å². The number of hydrogen-bond donors (Lipinski definition) is 2. The minimum absolute atomic E-state index is 0.0102. The third-order valence-corrected chi connectivity index (χ3v) is 3.65. The van der Waals surface area contributed by atoms with E-state index in [2.05, 4.69) is 21.2 Å². The second-order valence-electron chi connectivity index (χ2n) is 4.27. The molecule has 0 aliphatic rings. The van der Waals surface area contributed by atoms with Crippen LogP contribution in [0, 0.1) is 5.82 Å². The molecule has 2 nitrogen and oxygen atoms in total. The van der Waals surface area contributed by atoms with Crippen molar-refractivity contribution < 1.29 is 4.39 Å². The number of nitrogen functional groups attached to an aromatic ring is 1. The molecule has 0 aromatic heterocycles. The van der Waals surface area contributed by atoms with Crippen molar-refractivity contribution in [2.75, 3.05) is 11.1 Å². The molecule has 0 radical (unpaired) electrons. The summed E-state index contributed by atoms with van der Waals surface area (Å²) in [5.41, 5.74) is 7.87. The van der Waals surface area contributed by atoms with Crippen LogP contribution in [0.1, 0.15) is 18.5 Å². The number of rotatable bonds is 3. The van der Waals surface area contributed by atoms with Crippen LogP contribution >= 0.6 is 27.5 Å². The standard InChI is InChI=1S/C14H13BrClFN2/c1-8(9-2-4-10(15)5-3-9)19-14-7-12(17)11(16)6-13(14)18/h2-8,19H,18H2,1H3. The van der Waals surface area contributed by atoms with Crippen LogP contribution in [-0.4, -0.2) is 0 Å². The van der Waals surface area contributed by atoms with Gasteiger partial charge < -0.3 is 11.1 Å². The van der Waals surface area contributed by atoms with Gasteiger partial charge in [0.2, 0.25) is 0 Å². The molecule has 0 heterocycles. The van der Waals surface area contributed by atoms with E-state index in [-0.39, 0.29) is 11.1 Å². The van der Waals surface area contributed by atoms with E-state index in [0.717, 1.165) is 10.0 Å². The van der Waals surface area contributed by atoms with E-state index in [9.17, 15) is 4.39 Å². The number of hydrogen-bond acceptors (Lipinski definition) is 2. The lowest BCUT2D eigenvalue weighted by Gasteiger charge is -2.17. The lowest BCUT2D eigenvalue weighted by molar-refractivity contribution is 0.628. The SMILES string of the molecule is CC(Nc1cc(F)c(Cl)cc1N)c1ccc(Br)cc1. The number of benzene rings is 2. The van der Waals surface area contributed by atoms with Gasteiger partial charge in [-0.2, -0.15) is 0 Å². The lowest BCUT2D eigenvalue weighted by atomic mass is 10.1. The topological polar surface area (TPSA) is 38.0 Å². The summed E-state index contributed by atoms with van der Waals surface area (Å²) < 4.78 is 14.4. The summed E-state index contributed by atoms with van der Waals surface area (Å²) in [6, 6.07) is 10.6. The van der Waals surface area contributed by atoms with Crippen LogP contribution in [0.25, 0.3) is 0 Å². The minimum Gasteiger partial charge on any atom is -0.397 e. The van der Waals surface area contributed by atoms with Gasteiger partial charge in [0.1, 0.15) is 5.82 Å². The zero-order valence-corrected chi connectivity index (χ0v) is 12.6. The Kier molecular flexibility index (Phi) is 4.32. The van der Waals surface area contributed by atoms with Gasteiger partial charge in [-0.05, 0) is 30.7 Å². The van der Waals surface area contributed by atoms with Crippen LogP contribution in [0.15, 0.2) is 40.9 Å². The fraction of sp³-hybridized carbons (Fsp3) is 0.143. The van der Waals surface area contributed by atoms with Gasteiger partial charge >= 0.3 is 0 Å². The highest BCUT2D eigenvalue weighted by Crippen LogP contribution is 2.29. The first-order chi connectivity index (χ1) is 8.97. The molecule has 3 N–H and O–H groups in total. The molecule has 2 aromatic rings. The number of nitrogens with two attached hydrogens (primary N) is 1. The average Bonchev–Trinajstić information content (AvgIpc) is 2.36. The van der Waals surface area contributed by atoms with E-state index in [1.54, 1.807) is 0 Å². The maximum Gasteiger partial charge on any atom is 0.143 e. The van der Waals surface area contributed by atoms with Gasteiger partial charge in [-0.1, -0.05) is 39.7 Å². The second-order valence-corrected chi connectivity index (χ2v) is 5.59. The molecular formula is C14H13BrClFN2. The zero-order valence-electron chi connectivity index (χ0n) is 10.3. The van der Waals surface area contributed by atoms with E-state index in [1.165, 1.54) is 12.1 Å². The molecule has 2 rings (SSSR count). The van der Waals surface area contributed by atoms with Gasteiger partial charge in [0.15, 0.2) is 0 Å². The summed E-state index contributed by atoms with van der Waals surface area (Å²) in [4.78, 5) is 0. The van der Waals surface area contributed by atoms with Crippen LogP contribution < -0.4 is 11.1 Å². The normalized spacial score (nSPS) is 12.2. The Labute approximate surface area is 124 Å². The summed E-state index contributed by atoms with van der Waals surface area (Å²) in [6.07, 6.45) is 0. The molecule has 0 spiro atoms. The maximum absolute atomic E-state index is 13.4. The average molecular weight is 344 g/mol. The number of anilines is 2. The Morgan fingerprint density at radius 2 is 1.89 bits per heavy atom. The van der Waals surface area contributed by atoms with Crippen LogP contribution in [0.3, 0.4) is 0 Å². The van der Waals surface area contributed by atoms with Crippen LogP contribution in [0.2, 0.25) is 5.02 Å². The molecule has 0 amide bonds. The summed E-state index contributed by atoms with van der Waals surface area (Å²) >= 11 is 9.05. The third-order valence-electron chi connectivity index (χ3n) is 2.83. The number of nitrogens with one attached hydrogen (secondary N) is 1. The van der Waals surface area contributed by atoms with Gasteiger partial charge in [-0.25, -0.2) is 4.39 Å². The highest BCUT2D eigenvalue weighted by molar-refractivity contribution is 9.10. The van der Waals surface area contributed by atoms with E-state index in [1.807, 2.05) is 31.2 Å². The first-order valence-corrected chi connectivity index (χ1v) is 6.91. The Balaban J connectivity index is 2.21. The molecule has 100 valence electrons. The Hall–Kier alpha value is -1.26. The molecule has 0 aliphatic heterocycles. The lowest BCUT2D eigenvalue weighted by Crippen LogP contribution is -2.08. The van der Waals surface area contributed by atoms with E-state index >= 15 is 0 Å². The van der Waals surface area contributed by atoms with Crippen LogP contribution in [0.5, 0.6) is 0 Å². The van der Waals surface area contributed by atoms with Gasteiger partial charge in [-0.15, -0.1) is 0 Å². The minimum atomic E-state index is -0.485. The van der Waals surface area contributed by atoms with Crippen molar-refractivity contribution in [1.82, 2.24) is 0 Å². The predicted octanol–water partition coefficient (Wildman–Crippen LogP) is 5.00. The molecule has 0 saturated carbocycles. The summed E-state index contributed by atoms with van der Waals surface area (Å²) in [5.74, 6) is -0.485. The maximum atomic E-state index is 13.4. The highest BCUT2D eigenvalue weighted by atomic mass is 79.9.